The van der Waals surface area contributed by atoms with E-state index in [0.717, 1.165) is 5.56 Å². The van der Waals surface area contributed by atoms with Gasteiger partial charge in [0.2, 0.25) is 5.91 Å². The maximum Gasteiger partial charge on any atom is 0.316 e. The van der Waals surface area contributed by atoms with Crippen molar-refractivity contribution in [1.82, 2.24) is 5.32 Å². The Morgan fingerprint density at radius 3 is 2.33 bits per heavy atom. The Morgan fingerprint density at radius 1 is 1.22 bits per heavy atom. The lowest BCUT2D eigenvalue weighted by Crippen LogP contribution is -2.24. The number of hydrogen-bond donors (Lipinski definition) is 4. The van der Waals surface area contributed by atoms with E-state index >= 15 is 0 Å². The van der Waals surface area contributed by atoms with E-state index in [1.165, 1.54) is 0 Å². The zero-order valence-corrected chi connectivity index (χ0v) is 10.3. The summed E-state index contributed by atoms with van der Waals surface area (Å²) in [6, 6.07) is 6.82. The van der Waals surface area contributed by atoms with Gasteiger partial charge in [-0.15, -0.1) is 0 Å². The zero-order chi connectivity index (χ0) is 13.5. The molecule has 3 amide bonds. The molecule has 0 saturated carbocycles. The third-order valence-corrected chi connectivity index (χ3v) is 2.50. The van der Waals surface area contributed by atoms with Gasteiger partial charge < -0.3 is 22.1 Å². The monoisotopic (exact) mass is 250 g/mol. The van der Waals surface area contributed by atoms with E-state index < -0.39 is 6.03 Å². The highest BCUT2D eigenvalue weighted by molar-refractivity contribution is 5.87. The molecule has 0 aliphatic heterocycles. The Hall–Kier alpha value is -2.08. The van der Waals surface area contributed by atoms with Gasteiger partial charge in [0.05, 0.1) is 0 Å². The largest absolute Gasteiger partial charge is 0.370 e. The highest BCUT2D eigenvalue weighted by Crippen LogP contribution is 2.15. The topological polar surface area (TPSA) is 110 Å². The number of carbonyl (C=O) groups excluding carboxylic acids is 2. The molecule has 0 bridgehead atoms. The zero-order valence-electron chi connectivity index (χ0n) is 10.3. The summed E-state index contributed by atoms with van der Waals surface area (Å²) in [5.74, 6) is -0.323. The lowest BCUT2D eigenvalue weighted by molar-refractivity contribution is -0.117. The highest BCUT2D eigenvalue weighted by Gasteiger charge is 2.05. The van der Waals surface area contributed by atoms with Gasteiger partial charge in [-0.1, -0.05) is 12.1 Å². The number of primary amides is 2. The number of carbonyl (C=O) groups is 2. The summed E-state index contributed by atoms with van der Waals surface area (Å²) in [5, 5.41) is 5.66. The van der Waals surface area contributed by atoms with Gasteiger partial charge in [0.15, 0.2) is 0 Å². The normalized spacial score (nSPS) is 11.8. The molecule has 0 radical (unpaired) electrons. The van der Waals surface area contributed by atoms with E-state index in [-0.39, 0.29) is 11.9 Å². The van der Waals surface area contributed by atoms with Crippen molar-refractivity contribution in [3.05, 3.63) is 29.8 Å². The number of amides is 3. The molecule has 0 aliphatic carbocycles. The second-order valence-corrected chi connectivity index (χ2v) is 4.00. The van der Waals surface area contributed by atoms with Crippen molar-refractivity contribution in [1.29, 1.82) is 0 Å². The summed E-state index contributed by atoms with van der Waals surface area (Å²) in [4.78, 5) is 21.2. The summed E-state index contributed by atoms with van der Waals surface area (Å²) >= 11 is 0. The molecule has 0 aliphatic rings. The first-order chi connectivity index (χ1) is 8.49. The Morgan fingerprint density at radius 2 is 1.83 bits per heavy atom. The summed E-state index contributed by atoms with van der Waals surface area (Å²) in [6.45, 7) is 2.52. The molecular formula is C12H18N4O2. The summed E-state index contributed by atoms with van der Waals surface area (Å²) in [6.07, 6.45) is 0.311. The molecule has 18 heavy (non-hydrogen) atoms. The highest BCUT2D eigenvalue weighted by atomic mass is 16.2. The van der Waals surface area contributed by atoms with Crippen LogP contribution in [0.25, 0.3) is 0 Å². The predicted molar refractivity (Wildman–Crippen MR) is 69.9 cm³/mol. The average Bonchev–Trinajstić information content (AvgIpc) is 2.28. The van der Waals surface area contributed by atoms with E-state index in [4.69, 9.17) is 11.5 Å². The van der Waals surface area contributed by atoms with Crippen molar-refractivity contribution in [2.45, 2.75) is 19.4 Å². The molecule has 98 valence electrons. The minimum atomic E-state index is -0.588. The Bertz CT molecular complexity index is 417. The maximum absolute atomic E-state index is 10.6. The number of nitrogens with one attached hydrogen (secondary N) is 2. The molecule has 0 fully saturated rings. The van der Waals surface area contributed by atoms with E-state index in [2.05, 4.69) is 10.6 Å². The van der Waals surface area contributed by atoms with Crippen LogP contribution in [0.15, 0.2) is 24.3 Å². The van der Waals surface area contributed by atoms with Crippen LogP contribution in [0.5, 0.6) is 0 Å². The smallest absolute Gasteiger partial charge is 0.316 e. The third kappa shape index (κ3) is 4.84. The van der Waals surface area contributed by atoms with Crippen LogP contribution in [-0.2, 0) is 4.79 Å². The van der Waals surface area contributed by atoms with Gasteiger partial charge in [0.25, 0.3) is 0 Å². The van der Waals surface area contributed by atoms with Crippen LogP contribution in [0.3, 0.4) is 0 Å². The Kier molecular flexibility index (Phi) is 5.13. The molecule has 0 saturated heterocycles. The Balaban J connectivity index is 2.50. The number of benzene rings is 1. The number of rotatable bonds is 6. The number of urea groups is 1. The second-order valence-electron chi connectivity index (χ2n) is 4.00. The van der Waals surface area contributed by atoms with Crippen LogP contribution in [0.2, 0.25) is 0 Å². The third-order valence-electron chi connectivity index (χ3n) is 2.50. The van der Waals surface area contributed by atoms with Gasteiger partial charge in [0.1, 0.15) is 0 Å². The molecule has 6 nitrogen and oxygen atoms in total. The van der Waals surface area contributed by atoms with Crippen LogP contribution < -0.4 is 22.1 Å². The lowest BCUT2D eigenvalue weighted by Gasteiger charge is -2.14. The van der Waals surface area contributed by atoms with E-state index in [1.807, 2.05) is 19.1 Å². The molecule has 1 aromatic carbocycles. The summed E-state index contributed by atoms with van der Waals surface area (Å²) in [7, 11) is 0. The van der Waals surface area contributed by atoms with E-state index in [1.54, 1.807) is 12.1 Å². The molecule has 1 unspecified atom stereocenters. The maximum atomic E-state index is 10.6. The molecule has 6 heteroatoms. The minimum absolute atomic E-state index is 0.104. The van der Waals surface area contributed by atoms with Gasteiger partial charge in [-0.2, -0.15) is 0 Å². The first kappa shape index (κ1) is 14.0. The van der Waals surface area contributed by atoms with E-state index in [9.17, 15) is 9.59 Å². The summed E-state index contributed by atoms with van der Waals surface area (Å²) < 4.78 is 0. The van der Waals surface area contributed by atoms with Crippen LogP contribution in [0.1, 0.15) is 24.9 Å². The van der Waals surface area contributed by atoms with Crippen molar-refractivity contribution in [2.75, 3.05) is 11.9 Å². The SMILES string of the molecule is CC(NCCC(N)=O)c1ccc(NC(N)=O)cc1. The standard InChI is InChI=1S/C12H18N4O2/c1-8(15-7-6-11(13)17)9-2-4-10(5-3-9)16-12(14)18/h2-5,8,15H,6-7H2,1H3,(H2,13,17)(H3,14,16,18). The average molecular weight is 250 g/mol. The molecule has 0 heterocycles. The Labute approximate surface area is 106 Å². The van der Waals surface area contributed by atoms with Crippen LogP contribution in [0, 0.1) is 0 Å². The van der Waals surface area contributed by atoms with Gasteiger partial charge in [-0.3, -0.25) is 4.79 Å². The summed E-state index contributed by atoms with van der Waals surface area (Å²) in [5.41, 5.74) is 11.8. The fourth-order valence-corrected chi connectivity index (χ4v) is 1.53. The molecular weight excluding hydrogens is 232 g/mol. The number of hydrogen-bond acceptors (Lipinski definition) is 3. The number of anilines is 1. The van der Waals surface area contributed by atoms with Gasteiger partial charge in [-0.25, -0.2) is 4.79 Å². The van der Waals surface area contributed by atoms with Crippen LogP contribution in [-0.4, -0.2) is 18.5 Å². The quantitative estimate of drug-likeness (QED) is 0.596. The lowest BCUT2D eigenvalue weighted by atomic mass is 10.1. The van der Waals surface area contributed by atoms with Gasteiger partial charge >= 0.3 is 6.03 Å². The molecule has 6 N–H and O–H groups in total. The van der Waals surface area contributed by atoms with Crippen LogP contribution in [0.4, 0.5) is 10.5 Å². The molecule has 1 aromatic rings. The van der Waals surface area contributed by atoms with Crippen LogP contribution >= 0.6 is 0 Å². The predicted octanol–water partition coefficient (Wildman–Crippen LogP) is 0.703. The molecule has 1 atom stereocenters. The van der Waals surface area contributed by atoms with Crippen molar-refractivity contribution < 1.29 is 9.59 Å². The van der Waals surface area contributed by atoms with Crippen molar-refractivity contribution in [2.24, 2.45) is 11.5 Å². The van der Waals surface area contributed by atoms with Gasteiger partial charge in [0, 0.05) is 24.7 Å². The molecule has 0 spiro atoms. The van der Waals surface area contributed by atoms with Crippen molar-refractivity contribution in [3.63, 3.8) is 0 Å². The first-order valence-electron chi connectivity index (χ1n) is 5.67. The number of nitrogens with two attached hydrogens (primary N) is 2. The molecule has 0 aromatic heterocycles. The molecule has 1 rings (SSSR count). The van der Waals surface area contributed by atoms with Gasteiger partial charge in [-0.05, 0) is 24.6 Å². The fraction of sp³-hybridized carbons (Fsp3) is 0.333. The van der Waals surface area contributed by atoms with Crippen molar-refractivity contribution >= 4 is 17.6 Å². The fourth-order valence-electron chi connectivity index (χ4n) is 1.53. The first-order valence-corrected chi connectivity index (χ1v) is 5.67. The van der Waals surface area contributed by atoms with E-state index in [0.29, 0.717) is 18.7 Å². The second kappa shape index (κ2) is 6.61. The minimum Gasteiger partial charge on any atom is -0.370 e. The van der Waals surface area contributed by atoms with Crippen molar-refractivity contribution in [3.8, 4) is 0 Å².